The summed E-state index contributed by atoms with van der Waals surface area (Å²) in [7, 11) is 0. The molecule has 0 bridgehead atoms. The van der Waals surface area contributed by atoms with Gasteiger partial charge in [0.05, 0.1) is 5.69 Å². The van der Waals surface area contributed by atoms with Crippen LogP contribution in [0.25, 0.3) is 5.69 Å². The first-order chi connectivity index (χ1) is 8.59. The van der Waals surface area contributed by atoms with Crippen molar-refractivity contribution >= 4 is 17.6 Å². The van der Waals surface area contributed by atoms with E-state index in [0.29, 0.717) is 11.4 Å². The highest BCUT2D eigenvalue weighted by Crippen LogP contribution is 2.23. The van der Waals surface area contributed by atoms with Gasteiger partial charge in [-0.15, -0.1) is 5.10 Å². The van der Waals surface area contributed by atoms with Gasteiger partial charge < -0.3 is 16.6 Å². The number of hydrogen-bond donors (Lipinski definition) is 3. The molecule has 0 aliphatic rings. The highest BCUT2D eigenvalue weighted by molar-refractivity contribution is 5.68. The number of hydrogen-bond acceptors (Lipinski definition) is 4. The Bertz CT molecular complexity index is 563. The molecule has 18 heavy (non-hydrogen) atoms. The summed E-state index contributed by atoms with van der Waals surface area (Å²) in [4.78, 5) is 10.6. The van der Waals surface area contributed by atoms with Gasteiger partial charge in [-0.3, -0.25) is 4.79 Å². The van der Waals surface area contributed by atoms with Crippen LogP contribution in [-0.2, 0) is 11.2 Å². The fourth-order valence-electron chi connectivity index (χ4n) is 1.74. The molecule has 1 aromatic heterocycles. The maximum atomic E-state index is 10.6. The van der Waals surface area contributed by atoms with E-state index < -0.39 is 5.97 Å². The van der Waals surface area contributed by atoms with Crippen LogP contribution >= 0.6 is 0 Å². The number of carboxylic acids is 1. The number of benzene rings is 1. The highest BCUT2D eigenvalue weighted by atomic mass is 16.4. The Morgan fingerprint density at radius 2 is 1.94 bits per heavy atom. The zero-order valence-electron chi connectivity index (χ0n) is 9.71. The molecule has 1 aromatic carbocycles. The first-order valence-corrected chi connectivity index (χ1v) is 5.49. The lowest BCUT2D eigenvalue weighted by Crippen LogP contribution is -2.04. The van der Waals surface area contributed by atoms with Crippen LogP contribution in [0, 0.1) is 0 Å². The number of aliphatic carboxylic acids is 1. The van der Waals surface area contributed by atoms with Crippen molar-refractivity contribution in [3.05, 3.63) is 35.9 Å². The summed E-state index contributed by atoms with van der Waals surface area (Å²) in [5.41, 5.74) is 13.1. The molecule has 6 heteroatoms. The van der Waals surface area contributed by atoms with Crippen LogP contribution in [0.5, 0.6) is 0 Å². The molecule has 0 aliphatic carbocycles. The molecule has 0 fully saturated rings. The average Bonchev–Trinajstić information content (AvgIpc) is 2.63. The smallest absolute Gasteiger partial charge is 0.303 e. The molecule has 0 unspecified atom stereocenters. The Labute approximate surface area is 104 Å². The van der Waals surface area contributed by atoms with Crippen molar-refractivity contribution in [1.29, 1.82) is 0 Å². The van der Waals surface area contributed by atoms with E-state index in [0.717, 1.165) is 5.69 Å². The van der Waals surface area contributed by atoms with E-state index >= 15 is 0 Å². The molecule has 2 aromatic rings. The largest absolute Gasteiger partial charge is 0.481 e. The fourth-order valence-corrected chi connectivity index (χ4v) is 1.74. The van der Waals surface area contributed by atoms with Gasteiger partial charge in [-0.25, -0.2) is 4.68 Å². The predicted octanol–water partition coefficient (Wildman–Crippen LogP) is 1.05. The zero-order chi connectivity index (χ0) is 13.1. The van der Waals surface area contributed by atoms with E-state index in [9.17, 15) is 4.79 Å². The van der Waals surface area contributed by atoms with E-state index in [2.05, 4.69) is 5.10 Å². The van der Waals surface area contributed by atoms with Gasteiger partial charge in [-0.2, -0.15) is 0 Å². The molecular weight excluding hydrogens is 232 g/mol. The summed E-state index contributed by atoms with van der Waals surface area (Å²) in [5.74, 6) is -0.223. The van der Waals surface area contributed by atoms with Gasteiger partial charge in [-0.1, -0.05) is 18.2 Å². The summed E-state index contributed by atoms with van der Waals surface area (Å²) in [5, 5.41) is 12.8. The summed E-state index contributed by atoms with van der Waals surface area (Å²) in [6, 6.07) is 9.32. The van der Waals surface area contributed by atoms with Crippen molar-refractivity contribution in [3.63, 3.8) is 0 Å². The van der Waals surface area contributed by atoms with E-state index in [1.165, 1.54) is 4.68 Å². The van der Waals surface area contributed by atoms with Gasteiger partial charge >= 0.3 is 5.97 Å². The molecule has 0 aliphatic heterocycles. The van der Waals surface area contributed by atoms with Gasteiger partial charge in [0.25, 0.3) is 0 Å². The van der Waals surface area contributed by atoms with Crippen molar-refractivity contribution in [1.82, 2.24) is 9.78 Å². The zero-order valence-corrected chi connectivity index (χ0v) is 9.71. The topological polar surface area (TPSA) is 107 Å². The van der Waals surface area contributed by atoms with Crippen molar-refractivity contribution in [2.45, 2.75) is 12.8 Å². The lowest BCUT2D eigenvalue weighted by atomic mass is 10.1. The molecule has 5 N–H and O–H groups in total. The Balaban J connectivity index is 2.35. The molecule has 6 nitrogen and oxygen atoms in total. The highest BCUT2D eigenvalue weighted by Gasteiger charge is 2.15. The standard InChI is InChI=1S/C12H14N4O2/c13-11-9(6-7-10(17)18)12(14)16(15-11)8-4-2-1-3-5-8/h1-5H,6-7,14H2,(H2,13,15)(H,17,18). The monoisotopic (exact) mass is 246 g/mol. The second kappa shape index (κ2) is 4.79. The summed E-state index contributed by atoms with van der Waals surface area (Å²) >= 11 is 0. The molecule has 1 heterocycles. The molecular formula is C12H14N4O2. The normalized spacial score (nSPS) is 10.4. The predicted molar refractivity (Wildman–Crippen MR) is 68.3 cm³/mol. The first kappa shape index (κ1) is 12.0. The first-order valence-electron chi connectivity index (χ1n) is 5.49. The second-order valence-electron chi connectivity index (χ2n) is 3.89. The molecule has 2 rings (SSSR count). The number of carbonyl (C=O) groups is 1. The third kappa shape index (κ3) is 2.27. The number of aromatic nitrogens is 2. The van der Waals surface area contributed by atoms with E-state index in [1.54, 1.807) is 0 Å². The van der Waals surface area contributed by atoms with Crippen molar-refractivity contribution < 1.29 is 9.90 Å². The van der Waals surface area contributed by atoms with Crippen molar-refractivity contribution in [3.8, 4) is 5.69 Å². The fraction of sp³-hybridized carbons (Fsp3) is 0.167. The lowest BCUT2D eigenvalue weighted by molar-refractivity contribution is -0.136. The maximum absolute atomic E-state index is 10.6. The van der Waals surface area contributed by atoms with Gasteiger partial charge in [-0.05, 0) is 18.6 Å². The minimum atomic E-state index is -0.888. The SMILES string of the molecule is Nc1nn(-c2ccccc2)c(N)c1CCC(=O)O. The summed E-state index contributed by atoms with van der Waals surface area (Å²) in [6.07, 6.45) is 0.259. The number of carboxylic acid groups (broad SMARTS) is 1. The number of anilines is 2. The average molecular weight is 246 g/mol. The Hall–Kier alpha value is -2.50. The number of nitrogens with two attached hydrogens (primary N) is 2. The molecule has 0 amide bonds. The molecule has 0 atom stereocenters. The van der Waals surface area contributed by atoms with Gasteiger partial charge in [0.2, 0.25) is 0 Å². The minimum absolute atomic E-state index is 0.0190. The van der Waals surface area contributed by atoms with Crippen molar-refractivity contribution in [2.24, 2.45) is 0 Å². The molecule has 0 radical (unpaired) electrons. The van der Waals surface area contributed by atoms with Crippen LogP contribution in [0.2, 0.25) is 0 Å². The molecule has 0 spiro atoms. The van der Waals surface area contributed by atoms with Crippen LogP contribution in [0.1, 0.15) is 12.0 Å². The van der Waals surface area contributed by atoms with Crippen LogP contribution in [0.15, 0.2) is 30.3 Å². The van der Waals surface area contributed by atoms with Gasteiger partial charge in [0.15, 0.2) is 5.82 Å². The number of nitrogens with zero attached hydrogens (tertiary/aromatic N) is 2. The number of para-hydroxylation sites is 1. The Morgan fingerprint density at radius 1 is 1.28 bits per heavy atom. The van der Waals surface area contributed by atoms with E-state index in [4.69, 9.17) is 16.6 Å². The summed E-state index contributed by atoms with van der Waals surface area (Å²) in [6.45, 7) is 0. The minimum Gasteiger partial charge on any atom is -0.481 e. The van der Waals surface area contributed by atoms with Gasteiger partial charge in [0, 0.05) is 12.0 Å². The Morgan fingerprint density at radius 3 is 2.56 bits per heavy atom. The van der Waals surface area contributed by atoms with Crippen molar-refractivity contribution in [2.75, 3.05) is 11.5 Å². The van der Waals surface area contributed by atoms with E-state index in [-0.39, 0.29) is 18.7 Å². The number of rotatable bonds is 4. The van der Waals surface area contributed by atoms with E-state index in [1.807, 2.05) is 30.3 Å². The van der Waals surface area contributed by atoms with Crippen LogP contribution < -0.4 is 11.5 Å². The van der Waals surface area contributed by atoms with Crippen LogP contribution in [0.4, 0.5) is 11.6 Å². The number of nitrogen functional groups attached to an aromatic ring is 2. The van der Waals surface area contributed by atoms with Gasteiger partial charge in [0.1, 0.15) is 5.82 Å². The maximum Gasteiger partial charge on any atom is 0.303 e. The molecule has 0 saturated carbocycles. The quantitative estimate of drug-likeness (QED) is 0.747. The molecule has 0 saturated heterocycles. The van der Waals surface area contributed by atoms with Crippen LogP contribution in [0.3, 0.4) is 0 Å². The summed E-state index contributed by atoms with van der Waals surface area (Å²) < 4.78 is 1.52. The third-order valence-electron chi connectivity index (χ3n) is 2.64. The van der Waals surface area contributed by atoms with Crippen LogP contribution in [-0.4, -0.2) is 20.9 Å². The Kier molecular flexibility index (Phi) is 3.18. The second-order valence-corrected chi connectivity index (χ2v) is 3.89. The lowest BCUT2D eigenvalue weighted by Gasteiger charge is -2.03. The third-order valence-corrected chi connectivity index (χ3v) is 2.64. The molecule has 94 valence electrons.